The quantitative estimate of drug-likeness (QED) is 0.646. The van der Waals surface area contributed by atoms with Crippen molar-refractivity contribution in [1.82, 2.24) is 0 Å². The minimum absolute atomic E-state index is 0.212. The van der Waals surface area contributed by atoms with Crippen molar-refractivity contribution in [3.63, 3.8) is 0 Å². The Bertz CT molecular complexity index is 296. The molecular formula is C10H16O5S. The van der Waals surface area contributed by atoms with Gasteiger partial charge in [-0.2, -0.15) is 0 Å². The van der Waals surface area contributed by atoms with E-state index in [-0.39, 0.29) is 6.42 Å². The van der Waals surface area contributed by atoms with Crippen LogP contribution in [0.5, 0.6) is 0 Å². The summed E-state index contributed by atoms with van der Waals surface area (Å²) in [6.07, 6.45) is 1.06. The van der Waals surface area contributed by atoms with Crippen molar-refractivity contribution in [2.24, 2.45) is 5.41 Å². The third kappa shape index (κ3) is 1.51. The number of carboxylic acids is 2. The standard InChI is InChI=1S/C10H16O5S/c1-3-9(4-2)5-6(11)16-10(9,7(12)13)8(14)15/h6,11H,3-5H2,1-2H3,(H,12,13)(H,14,15). The van der Waals surface area contributed by atoms with E-state index in [9.17, 15) is 24.9 Å². The van der Waals surface area contributed by atoms with E-state index in [2.05, 4.69) is 0 Å². The van der Waals surface area contributed by atoms with Crippen LogP contribution in [0, 0.1) is 5.41 Å². The highest BCUT2D eigenvalue weighted by Crippen LogP contribution is 2.58. The van der Waals surface area contributed by atoms with Crippen molar-refractivity contribution in [3.05, 3.63) is 0 Å². The maximum absolute atomic E-state index is 11.3. The third-order valence-corrected chi connectivity index (χ3v) is 5.16. The number of hydrogen-bond acceptors (Lipinski definition) is 4. The summed E-state index contributed by atoms with van der Waals surface area (Å²) < 4.78 is -1.92. The van der Waals surface area contributed by atoms with Crippen LogP contribution in [0.2, 0.25) is 0 Å². The largest absolute Gasteiger partial charge is 0.480 e. The molecule has 1 saturated heterocycles. The van der Waals surface area contributed by atoms with E-state index in [1.807, 2.05) is 0 Å². The van der Waals surface area contributed by atoms with E-state index >= 15 is 0 Å². The van der Waals surface area contributed by atoms with Gasteiger partial charge in [-0.15, -0.1) is 0 Å². The van der Waals surface area contributed by atoms with Crippen LogP contribution in [-0.2, 0) is 9.59 Å². The Kier molecular flexibility index (Phi) is 3.54. The Labute approximate surface area is 97.8 Å². The van der Waals surface area contributed by atoms with Crippen LogP contribution in [0.15, 0.2) is 0 Å². The molecule has 1 aliphatic heterocycles. The Balaban J connectivity index is 3.34. The van der Waals surface area contributed by atoms with Gasteiger partial charge in [-0.1, -0.05) is 25.6 Å². The fraction of sp³-hybridized carbons (Fsp3) is 0.800. The molecule has 1 rings (SSSR count). The molecule has 0 amide bonds. The molecule has 16 heavy (non-hydrogen) atoms. The number of hydrogen-bond donors (Lipinski definition) is 3. The van der Waals surface area contributed by atoms with Gasteiger partial charge in [0.05, 0.1) is 0 Å². The molecule has 1 atom stereocenters. The molecule has 0 spiro atoms. The van der Waals surface area contributed by atoms with Crippen molar-refractivity contribution in [1.29, 1.82) is 0 Å². The van der Waals surface area contributed by atoms with Crippen LogP contribution >= 0.6 is 11.8 Å². The number of aliphatic carboxylic acids is 2. The first-order valence-electron chi connectivity index (χ1n) is 5.19. The zero-order chi connectivity index (χ0) is 12.6. The highest BCUT2D eigenvalue weighted by Gasteiger charge is 2.67. The predicted molar refractivity (Wildman–Crippen MR) is 59.2 cm³/mol. The van der Waals surface area contributed by atoms with Gasteiger partial charge < -0.3 is 15.3 Å². The first-order chi connectivity index (χ1) is 7.36. The second-order valence-electron chi connectivity index (χ2n) is 4.06. The fourth-order valence-corrected chi connectivity index (χ4v) is 4.17. The number of aliphatic hydroxyl groups is 1. The van der Waals surface area contributed by atoms with Crippen LogP contribution < -0.4 is 0 Å². The summed E-state index contributed by atoms with van der Waals surface area (Å²) in [5.74, 6) is -2.74. The molecule has 0 aromatic rings. The first-order valence-corrected chi connectivity index (χ1v) is 6.07. The number of rotatable bonds is 4. The Hall–Kier alpha value is -0.750. The molecule has 0 saturated carbocycles. The van der Waals surface area contributed by atoms with E-state index in [0.29, 0.717) is 24.6 Å². The molecule has 0 aliphatic carbocycles. The molecule has 1 aliphatic rings. The lowest BCUT2D eigenvalue weighted by molar-refractivity contribution is -0.157. The number of carboxylic acid groups (broad SMARTS) is 2. The average Bonchev–Trinajstić information content (AvgIpc) is 2.52. The predicted octanol–water partition coefficient (Wildman–Crippen LogP) is 1.16. The van der Waals surface area contributed by atoms with E-state index < -0.39 is 27.5 Å². The van der Waals surface area contributed by atoms with Crippen molar-refractivity contribution in [2.75, 3.05) is 0 Å². The molecule has 92 valence electrons. The minimum atomic E-state index is -1.92. The van der Waals surface area contributed by atoms with Crippen LogP contribution in [0.3, 0.4) is 0 Å². The zero-order valence-corrected chi connectivity index (χ0v) is 10.1. The molecular weight excluding hydrogens is 232 g/mol. The normalized spacial score (nSPS) is 26.6. The topological polar surface area (TPSA) is 94.8 Å². The monoisotopic (exact) mass is 248 g/mol. The van der Waals surface area contributed by atoms with E-state index in [4.69, 9.17) is 0 Å². The minimum Gasteiger partial charge on any atom is -0.480 e. The third-order valence-electron chi connectivity index (χ3n) is 3.58. The molecule has 5 nitrogen and oxygen atoms in total. The van der Waals surface area contributed by atoms with Gasteiger partial charge in [0, 0.05) is 5.41 Å². The van der Waals surface area contributed by atoms with Crippen LogP contribution in [0.25, 0.3) is 0 Å². The van der Waals surface area contributed by atoms with Crippen molar-refractivity contribution in [2.45, 2.75) is 43.3 Å². The highest BCUT2D eigenvalue weighted by molar-refractivity contribution is 8.02. The number of thioether (sulfide) groups is 1. The molecule has 0 bridgehead atoms. The van der Waals surface area contributed by atoms with Crippen LogP contribution in [0.1, 0.15) is 33.1 Å². The Morgan fingerprint density at radius 3 is 1.94 bits per heavy atom. The lowest BCUT2D eigenvalue weighted by atomic mass is 9.68. The summed E-state index contributed by atoms with van der Waals surface area (Å²) in [7, 11) is 0. The number of carbonyl (C=O) groups is 2. The van der Waals surface area contributed by atoms with Crippen LogP contribution in [0.4, 0.5) is 0 Å². The molecule has 1 heterocycles. The maximum Gasteiger partial charge on any atom is 0.332 e. The summed E-state index contributed by atoms with van der Waals surface area (Å²) in [6.45, 7) is 3.53. The Morgan fingerprint density at radius 1 is 1.25 bits per heavy atom. The SMILES string of the molecule is CCC1(CC)CC(O)SC1(C(=O)O)C(=O)O. The average molecular weight is 248 g/mol. The van der Waals surface area contributed by atoms with Crippen molar-refractivity contribution >= 4 is 23.7 Å². The van der Waals surface area contributed by atoms with Gasteiger partial charge in [0.2, 0.25) is 4.75 Å². The first kappa shape index (κ1) is 13.3. The van der Waals surface area contributed by atoms with Gasteiger partial charge in [0.25, 0.3) is 0 Å². The van der Waals surface area contributed by atoms with E-state index in [1.165, 1.54) is 0 Å². The fourth-order valence-electron chi connectivity index (χ4n) is 2.53. The molecule has 1 fully saturated rings. The molecule has 3 N–H and O–H groups in total. The lowest BCUT2D eigenvalue weighted by Gasteiger charge is -2.37. The summed E-state index contributed by atoms with van der Waals surface area (Å²) in [5, 5.41) is 28.1. The smallest absolute Gasteiger partial charge is 0.332 e. The molecule has 0 aromatic heterocycles. The summed E-state index contributed by atoms with van der Waals surface area (Å²) >= 11 is 0.642. The van der Waals surface area contributed by atoms with Gasteiger partial charge in [-0.3, -0.25) is 9.59 Å². The molecule has 0 radical (unpaired) electrons. The van der Waals surface area contributed by atoms with Gasteiger partial charge >= 0.3 is 11.9 Å². The van der Waals surface area contributed by atoms with E-state index in [0.717, 1.165) is 0 Å². The lowest BCUT2D eigenvalue weighted by Crippen LogP contribution is -2.54. The van der Waals surface area contributed by atoms with Crippen molar-refractivity contribution < 1.29 is 24.9 Å². The van der Waals surface area contributed by atoms with Gasteiger partial charge in [-0.05, 0) is 19.3 Å². The summed E-state index contributed by atoms with van der Waals surface area (Å²) in [4.78, 5) is 22.7. The Morgan fingerprint density at radius 2 is 1.69 bits per heavy atom. The second-order valence-corrected chi connectivity index (χ2v) is 5.45. The summed E-state index contributed by atoms with van der Waals surface area (Å²) in [5.41, 5.74) is -1.80. The second kappa shape index (κ2) is 4.25. The van der Waals surface area contributed by atoms with E-state index in [1.54, 1.807) is 13.8 Å². The highest BCUT2D eigenvalue weighted by atomic mass is 32.2. The molecule has 1 unspecified atom stereocenters. The zero-order valence-electron chi connectivity index (χ0n) is 9.27. The van der Waals surface area contributed by atoms with Gasteiger partial charge in [-0.25, -0.2) is 0 Å². The van der Waals surface area contributed by atoms with Crippen LogP contribution in [-0.4, -0.2) is 37.4 Å². The molecule has 0 aromatic carbocycles. The maximum atomic E-state index is 11.3. The van der Waals surface area contributed by atoms with Crippen molar-refractivity contribution in [3.8, 4) is 0 Å². The molecule has 6 heteroatoms. The van der Waals surface area contributed by atoms with Gasteiger partial charge in [0.15, 0.2) is 0 Å². The summed E-state index contributed by atoms with van der Waals surface area (Å²) in [6, 6.07) is 0. The van der Waals surface area contributed by atoms with Gasteiger partial charge in [0.1, 0.15) is 5.44 Å². The number of aliphatic hydroxyl groups excluding tert-OH is 1.